The Morgan fingerprint density at radius 2 is 1.41 bits per heavy atom. The largest absolute Gasteiger partial charge is 0.505 e. The number of nitrogens with zero attached hydrogens (tertiary/aromatic N) is 7. The molecule has 0 saturated carbocycles. The number of sulfone groups is 1. The zero-order chi connectivity index (χ0) is 43.5. The summed E-state index contributed by atoms with van der Waals surface area (Å²) in [6, 6.07) is 9.26. The molecule has 0 fully saturated rings. The molecule has 8 N–H and O–H groups in total. The number of nitrogens with one attached hydrogen (secondary N) is 1. The number of nitrogens with two attached hydrogens (primary N) is 1. The molecule has 0 amide bonds. The fraction of sp³-hybridized carbons (Fsp3) is 0.0741. The maximum Gasteiger partial charge on any atom is 0.397 e. The van der Waals surface area contributed by atoms with Gasteiger partial charge < -0.3 is 16.2 Å². The summed E-state index contributed by atoms with van der Waals surface area (Å²) in [6.07, 6.45) is 0. The SMILES string of the molecule is Nc1c(N=Nc2ccc(S(=O)(=O)CCOS(=O)(=O)O)cc2)c(S(=O)(=O)O)cc2cc(SOOO)c(N=Nc3cc(Nc4nc(Cl)nc(Cl)n4)ccc3S(=O)(=O)O)c(O)c12. The molecule has 1 aromatic heterocycles. The normalized spacial score (nSPS) is 12.8. The van der Waals surface area contributed by atoms with Crippen LogP contribution in [-0.4, -0.2) is 85.0 Å². The number of fused-ring (bicyclic) bond motifs is 1. The van der Waals surface area contributed by atoms with Crippen LogP contribution in [0.15, 0.2) is 94.6 Å². The highest BCUT2D eigenvalue weighted by Crippen LogP contribution is 2.50. The number of hydrogen-bond acceptors (Lipinski definition) is 23. The highest BCUT2D eigenvalue weighted by Gasteiger charge is 2.26. The summed E-state index contributed by atoms with van der Waals surface area (Å²) in [5.74, 6) is -1.94. The van der Waals surface area contributed by atoms with Crippen LogP contribution in [0.4, 0.5) is 40.1 Å². The highest BCUT2D eigenvalue weighted by molar-refractivity contribution is 7.94. The Morgan fingerprint density at radius 3 is 2.00 bits per heavy atom. The van der Waals surface area contributed by atoms with Crippen LogP contribution in [0.3, 0.4) is 0 Å². The molecular weight excluding hydrogens is 938 g/mol. The number of hydrogen-bond donors (Lipinski definition) is 7. The monoisotopic (exact) mass is 957 g/mol. The second-order valence-electron chi connectivity index (χ2n) is 11.0. The van der Waals surface area contributed by atoms with Crippen molar-refractivity contribution in [1.29, 1.82) is 0 Å². The highest BCUT2D eigenvalue weighted by atomic mass is 35.5. The summed E-state index contributed by atoms with van der Waals surface area (Å²) >= 11 is 11.8. The molecule has 5 aromatic rings. The predicted octanol–water partition coefficient (Wildman–Crippen LogP) is 5.71. The van der Waals surface area contributed by atoms with E-state index in [9.17, 15) is 47.9 Å². The zero-order valence-electron chi connectivity index (χ0n) is 28.3. The van der Waals surface area contributed by atoms with Gasteiger partial charge in [0, 0.05) is 5.69 Å². The summed E-state index contributed by atoms with van der Waals surface area (Å²) in [5, 5.41) is 40.8. The van der Waals surface area contributed by atoms with Crippen molar-refractivity contribution < 1.29 is 71.2 Å². The quantitative estimate of drug-likeness (QED) is 0.0155. The third-order valence-electron chi connectivity index (χ3n) is 7.12. The van der Waals surface area contributed by atoms with E-state index in [1.807, 2.05) is 0 Å². The number of rotatable bonds is 16. The van der Waals surface area contributed by atoms with Crippen LogP contribution >= 0.6 is 35.2 Å². The molecule has 0 radical (unpaired) electrons. The number of nitrogen functional groups attached to an aromatic ring is 1. The van der Waals surface area contributed by atoms with E-state index in [0.29, 0.717) is 0 Å². The number of aromatic nitrogens is 3. The van der Waals surface area contributed by atoms with Gasteiger partial charge in [-0.3, -0.25) is 13.7 Å². The lowest BCUT2D eigenvalue weighted by Crippen LogP contribution is -2.15. The first-order chi connectivity index (χ1) is 27.5. The topological polar surface area (TPSA) is 392 Å². The summed E-state index contributed by atoms with van der Waals surface area (Å²) in [7, 11) is -19.2. The number of phenols is 1. The number of azo groups is 2. The van der Waals surface area contributed by atoms with Crippen LogP contribution in [0.2, 0.25) is 10.6 Å². The van der Waals surface area contributed by atoms with Crippen LogP contribution < -0.4 is 11.1 Å². The van der Waals surface area contributed by atoms with Crippen LogP contribution in [-0.2, 0) is 54.0 Å². The fourth-order valence-electron chi connectivity index (χ4n) is 4.72. The fourth-order valence-corrected chi connectivity index (χ4v) is 8.35. The molecule has 0 aliphatic rings. The van der Waals surface area contributed by atoms with Crippen LogP contribution in [0, 0.1) is 0 Å². The first-order valence-electron chi connectivity index (χ1n) is 14.9. The summed E-state index contributed by atoms with van der Waals surface area (Å²) in [4.78, 5) is 8.85. The standard InChI is InChI=1S/C27H21Cl2N9O16S5/c28-25-32-26(29)34-27(33-25)31-14-3-6-18(57(43,44)45)16(11-14)36-37-22-17(55-54-53-40)9-12-10-19(58(46,47)48)23(21(30)20(12)24(22)39)38-35-13-1-4-15(5-2-13)56(41,42)8-7-52-59(49,50)51/h1-6,9-11,39-40H,7-8,30H2,(H,43,44,45)(H,46,47,48)(H,49,50,51)(H,31,32,33,34). The van der Waals surface area contributed by atoms with Crippen LogP contribution in [0.5, 0.6) is 5.75 Å². The molecule has 0 unspecified atom stereocenters. The Labute approximate surface area is 345 Å². The molecule has 4 aromatic carbocycles. The molecule has 25 nitrogen and oxygen atoms in total. The number of aromatic hydroxyl groups is 1. The summed E-state index contributed by atoms with van der Waals surface area (Å²) < 4.78 is 133. The Kier molecular flexibility index (Phi) is 13.7. The van der Waals surface area contributed by atoms with E-state index in [1.165, 1.54) is 6.07 Å². The van der Waals surface area contributed by atoms with Crippen molar-refractivity contribution in [3.63, 3.8) is 0 Å². The first kappa shape index (κ1) is 45.3. The van der Waals surface area contributed by atoms with Crippen molar-refractivity contribution in [2.45, 2.75) is 19.6 Å². The van der Waals surface area contributed by atoms with E-state index in [4.69, 9.17) is 38.7 Å². The van der Waals surface area contributed by atoms with Crippen LogP contribution in [0.25, 0.3) is 10.8 Å². The summed E-state index contributed by atoms with van der Waals surface area (Å²) in [6.45, 7) is -0.897. The molecular formula is C27H21Cl2N9O16S5. The molecule has 0 aliphatic carbocycles. The summed E-state index contributed by atoms with van der Waals surface area (Å²) in [5.41, 5.74) is 3.66. The second kappa shape index (κ2) is 17.8. The van der Waals surface area contributed by atoms with Gasteiger partial charge in [-0.15, -0.1) is 19.7 Å². The van der Waals surface area contributed by atoms with Gasteiger partial charge >= 0.3 is 10.4 Å². The van der Waals surface area contributed by atoms with E-state index in [0.717, 1.165) is 48.5 Å². The molecule has 0 atom stereocenters. The third-order valence-corrected chi connectivity index (χ3v) is 12.0. The van der Waals surface area contributed by atoms with E-state index in [-0.39, 0.29) is 55.1 Å². The smallest absolute Gasteiger partial charge is 0.397 e. The van der Waals surface area contributed by atoms with Gasteiger partial charge in [-0.25, -0.2) is 17.9 Å². The van der Waals surface area contributed by atoms with Gasteiger partial charge in [0.25, 0.3) is 20.2 Å². The molecule has 59 heavy (non-hydrogen) atoms. The average Bonchev–Trinajstić information content (AvgIpc) is 3.11. The molecule has 0 saturated heterocycles. The molecule has 1 heterocycles. The van der Waals surface area contributed by atoms with Crippen molar-refractivity contribution in [2.75, 3.05) is 23.4 Å². The van der Waals surface area contributed by atoms with Crippen molar-refractivity contribution in [3.05, 3.63) is 65.2 Å². The Balaban J connectivity index is 1.60. The molecule has 32 heteroatoms. The number of benzene rings is 4. The van der Waals surface area contributed by atoms with Crippen LogP contribution in [0.1, 0.15) is 0 Å². The molecule has 5 rings (SSSR count). The van der Waals surface area contributed by atoms with Crippen molar-refractivity contribution in [1.82, 2.24) is 15.0 Å². The van der Waals surface area contributed by atoms with Gasteiger partial charge in [0.15, 0.2) is 15.6 Å². The third kappa shape index (κ3) is 11.5. The van der Waals surface area contributed by atoms with Gasteiger partial charge in [-0.05, 0) is 83.2 Å². The molecule has 0 aliphatic heterocycles. The zero-order valence-corrected chi connectivity index (χ0v) is 33.9. The predicted molar refractivity (Wildman–Crippen MR) is 204 cm³/mol. The Bertz CT molecular complexity index is 2960. The Morgan fingerprint density at radius 1 is 0.780 bits per heavy atom. The van der Waals surface area contributed by atoms with E-state index in [2.05, 4.69) is 54.3 Å². The molecule has 314 valence electrons. The lowest BCUT2D eigenvalue weighted by molar-refractivity contribution is -0.432. The van der Waals surface area contributed by atoms with Gasteiger partial charge in [-0.1, -0.05) is 5.04 Å². The van der Waals surface area contributed by atoms with Gasteiger partial charge in [0.05, 0.1) is 51.0 Å². The van der Waals surface area contributed by atoms with Crippen molar-refractivity contribution in [3.8, 4) is 5.75 Å². The van der Waals surface area contributed by atoms with E-state index >= 15 is 0 Å². The van der Waals surface area contributed by atoms with Gasteiger partial charge in [0.2, 0.25) is 16.5 Å². The maximum absolute atomic E-state index is 12.5. The second-order valence-corrected chi connectivity index (χ2v) is 18.3. The number of phenolic OH excluding ortho intramolecular Hbond substituents is 1. The lowest BCUT2D eigenvalue weighted by Gasteiger charge is -2.14. The lowest BCUT2D eigenvalue weighted by atomic mass is 10.1. The van der Waals surface area contributed by atoms with Gasteiger partial charge in [-0.2, -0.15) is 45.3 Å². The van der Waals surface area contributed by atoms with Crippen molar-refractivity contribution >= 4 is 127 Å². The Hall–Kier alpha value is -4.80. The van der Waals surface area contributed by atoms with Gasteiger partial charge in [0.1, 0.15) is 26.9 Å². The van der Waals surface area contributed by atoms with Crippen molar-refractivity contribution in [2.24, 2.45) is 20.5 Å². The minimum Gasteiger partial charge on any atom is -0.505 e. The average molecular weight is 959 g/mol. The maximum atomic E-state index is 12.5. The van der Waals surface area contributed by atoms with E-state index < -0.39 is 96.5 Å². The molecule has 0 bridgehead atoms. The first-order valence-corrected chi connectivity index (χ1v) is 22.3. The minimum atomic E-state index is -5.17. The van der Waals surface area contributed by atoms with E-state index in [1.54, 1.807) is 0 Å². The molecule has 0 spiro atoms. The minimum absolute atomic E-state index is 0.0394. The number of halogens is 2. The number of anilines is 3.